The summed E-state index contributed by atoms with van der Waals surface area (Å²) in [4.78, 5) is 2.20. The fourth-order valence-corrected chi connectivity index (χ4v) is 4.19. The molecule has 15 heavy (non-hydrogen) atoms. The highest BCUT2D eigenvalue weighted by molar-refractivity contribution is 7.91. The van der Waals surface area contributed by atoms with E-state index in [0.717, 1.165) is 19.5 Å². The topological polar surface area (TPSA) is 63.4 Å². The quantitative estimate of drug-likeness (QED) is 0.732. The summed E-state index contributed by atoms with van der Waals surface area (Å²) >= 11 is 0. The SMILES string of the molecule is CN(CC1(CN)CC1)C1CCS(=O)(=O)C1. The van der Waals surface area contributed by atoms with E-state index in [-0.39, 0.29) is 6.04 Å². The van der Waals surface area contributed by atoms with Gasteiger partial charge >= 0.3 is 0 Å². The first-order valence-corrected chi connectivity index (χ1v) is 7.39. The maximum absolute atomic E-state index is 11.3. The molecule has 4 nitrogen and oxygen atoms in total. The van der Waals surface area contributed by atoms with Crippen LogP contribution in [0, 0.1) is 5.41 Å². The molecule has 1 unspecified atom stereocenters. The zero-order valence-electron chi connectivity index (χ0n) is 9.28. The second-order valence-corrected chi connectivity index (χ2v) is 7.40. The standard InChI is InChI=1S/C10H20N2O2S/c1-12(8-10(7-11)3-4-10)9-2-5-15(13,14)6-9/h9H,2-8,11H2,1H3. The van der Waals surface area contributed by atoms with E-state index in [9.17, 15) is 8.42 Å². The van der Waals surface area contributed by atoms with Crippen molar-refractivity contribution < 1.29 is 8.42 Å². The molecule has 0 aromatic carbocycles. The first-order valence-electron chi connectivity index (χ1n) is 5.57. The Hall–Kier alpha value is -0.130. The van der Waals surface area contributed by atoms with Crippen LogP contribution in [0.4, 0.5) is 0 Å². The van der Waals surface area contributed by atoms with Crippen molar-refractivity contribution in [3.05, 3.63) is 0 Å². The van der Waals surface area contributed by atoms with E-state index in [1.807, 2.05) is 7.05 Å². The molecule has 88 valence electrons. The molecule has 2 fully saturated rings. The second-order valence-electron chi connectivity index (χ2n) is 5.18. The van der Waals surface area contributed by atoms with Gasteiger partial charge in [0.15, 0.2) is 9.84 Å². The number of hydrogen-bond donors (Lipinski definition) is 1. The zero-order valence-corrected chi connectivity index (χ0v) is 10.1. The van der Waals surface area contributed by atoms with Crippen molar-refractivity contribution in [1.82, 2.24) is 4.90 Å². The van der Waals surface area contributed by atoms with Gasteiger partial charge in [0, 0.05) is 12.6 Å². The van der Waals surface area contributed by atoms with Crippen molar-refractivity contribution in [3.63, 3.8) is 0 Å². The van der Waals surface area contributed by atoms with Crippen LogP contribution in [-0.4, -0.2) is 51.0 Å². The number of nitrogens with two attached hydrogens (primary N) is 1. The molecule has 1 aliphatic carbocycles. The minimum Gasteiger partial charge on any atom is -0.330 e. The fraction of sp³-hybridized carbons (Fsp3) is 1.00. The van der Waals surface area contributed by atoms with Gasteiger partial charge in [0.1, 0.15) is 0 Å². The van der Waals surface area contributed by atoms with E-state index in [1.54, 1.807) is 0 Å². The molecule has 5 heteroatoms. The fourth-order valence-electron chi connectivity index (χ4n) is 2.38. The third kappa shape index (κ3) is 2.52. The predicted molar refractivity (Wildman–Crippen MR) is 60.4 cm³/mol. The molecule has 1 saturated carbocycles. The molecular formula is C10H20N2O2S. The normalized spacial score (nSPS) is 32.1. The molecule has 1 aliphatic heterocycles. The molecule has 0 aromatic heterocycles. The van der Waals surface area contributed by atoms with E-state index >= 15 is 0 Å². The number of rotatable bonds is 4. The molecular weight excluding hydrogens is 212 g/mol. The van der Waals surface area contributed by atoms with Crippen molar-refractivity contribution in [2.24, 2.45) is 11.1 Å². The highest BCUT2D eigenvalue weighted by Gasteiger charge is 2.43. The molecule has 0 amide bonds. The van der Waals surface area contributed by atoms with Gasteiger partial charge in [0.25, 0.3) is 0 Å². The van der Waals surface area contributed by atoms with Gasteiger partial charge in [-0.3, -0.25) is 0 Å². The Labute approximate surface area is 91.7 Å². The Kier molecular flexibility index (Phi) is 2.81. The van der Waals surface area contributed by atoms with Crippen LogP contribution >= 0.6 is 0 Å². The molecule has 2 N–H and O–H groups in total. The Morgan fingerprint density at radius 2 is 2.13 bits per heavy atom. The third-order valence-corrected chi connectivity index (χ3v) is 5.56. The van der Waals surface area contributed by atoms with Gasteiger partial charge in [0.05, 0.1) is 11.5 Å². The highest BCUT2D eigenvalue weighted by atomic mass is 32.2. The summed E-state index contributed by atoms with van der Waals surface area (Å²) in [6, 6.07) is 0.221. The Morgan fingerprint density at radius 3 is 2.53 bits per heavy atom. The van der Waals surface area contributed by atoms with Crippen LogP contribution in [0.2, 0.25) is 0 Å². The lowest BCUT2D eigenvalue weighted by Crippen LogP contribution is -2.39. The first kappa shape index (κ1) is 11.4. The van der Waals surface area contributed by atoms with Gasteiger partial charge in [-0.25, -0.2) is 8.42 Å². The van der Waals surface area contributed by atoms with Gasteiger partial charge in [-0.05, 0) is 38.3 Å². The molecule has 0 radical (unpaired) electrons. The van der Waals surface area contributed by atoms with Crippen LogP contribution in [-0.2, 0) is 9.84 Å². The van der Waals surface area contributed by atoms with Gasteiger partial charge in [0.2, 0.25) is 0 Å². The molecule has 1 saturated heterocycles. The molecule has 0 spiro atoms. The second kappa shape index (κ2) is 3.71. The molecule has 1 heterocycles. The zero-order chi connectivity index (χ0) is 11.1. The van der Waals surface area contributed by atoms with Crippen LogP contribution in [0.1, 0.15) is 19.3 Å². The minimum absolute atomic E-state index is 0.221. The van der Waals surface area contributed by atoms with Crippen molar-refractivity contribution in [2.45, 2.75) is 25.3 Å². The molecule has 0 bridgehead atoms. The maximum atomic E-state index is 11.3. The monoisotopic (exact) mass is 232 g/mol. The van der Waals surface area contributed by atoms with Crippen LogP contribution in [0.25, 0.3) is 0 Å². The van der Waals surface area contributed by atoms with Crippen LogP contribution < -0.4 is 5.73 Å². The van der Waals surface area contributed by atoms with Gasteiger partial charge in [-0.2, -0.15) is 0 Å². The number of sulfone groups is 1. The molecule has 2 rings (SSSR count). The van der Waals surface area contributed by atoms with Gasteiger partial charge in [-0.1, -0.05) is 0 Å². The van der Waals surface area contributed by atoms with E-state index in [2.05, 4.69) is 4.90 Å². The van der Waals surface area contributed by atoms with E-state index in [0.29, 0.717) is 16.9 Å². The van der Waals surface area contributed by atoms with Crippen LogP contribution in [0.5, 0.6) is 0 Å². The van der Waals surface area contributed by atoms with Crippen molar-refractivity contribution >= 4 is 9.84 Å². The lowest BCUT2D eigenvalue weighted by molar-refractivity contribution is 0.213. The van der Waals surface area contributed by atoms with Crippen molar-refractivity contribution in [3.8, 4) is 0 Å². The smallest absolute Gasteiger partial charge is 0.151 e. The van der Waals surface area contributed by atoms with Crippen LogP contribution in [0.3, 0.4) is 0 Å². The number of nitrogens with zero attached hydrogens (tertiary/aromatic N) is 1. The summed E-state index contributed by atoms with van der Waals surface area (Å²) in [6.07, 6.45) is 3.19. The lowest BCUT2D eigenvalue weighted by atomic mass is 10.1. The van der Waals surface area contributed by atoms with Gasteiger partial charge in [-0.15, -0.1) is 0 Å². The van der Waals surface area contributed by atoms with Crippen molar-refractivity contribution in [2.75, 3.05) is 31.6 Å². The van der Waals surface area contributed by atoms with E-state index in [4.69, 9.17) is 5.73 Å². The summed E-state index contributed by atoms with van der Waals surface area (Å²) in [5.41, 5.74) is 6.03. The average molecular weight is 232 g/mol. The summed E-state index contributed by atoms with van der Waals surface area (Å²) in [6.45, 7) is 1.69. The summed E-state index contributed by atoms with van der Waals surface area (Å²) in [7, 11) is -0.726. The lowest BCUT2D eigenvalue weighted by Gasteiger charge is -2.27. The Morgan fingerprint density at radius 1 is 1.47 bits per heavy atom. The molecule has 2 aliphatic rings. The first-order chi connectivity index (χ1) is 6.96. The Bertz CT molecular complexity index is 335. The van der Waals surface area contributed by atoms with E-state index < -0.39 is 9.84 Å². The third-order valence-electron chi connectivity index (χ3n) is 3.81. The highest BCUT2D eigenvalue weighted by Crippen LogP contribution is 2.45. The summed E-state index contributed by atoms with van der Waals surface area (Å²) < 4.78 is 22.7. The maximum Gasteiger partial charge on any atom is 0.151 e. The van der Waals surface area contributed by atoms with Crippen LogP contribution in [0.15, 0.2) is 0 Å². The summed E-state index contributed by atoms with van der Waals surface area (Å²) in [5, 5.41) is 0. The number of hydrogen-bond acceptors (Lipinski definition) is 4. The predicted octanol–water partition coefficient (Wildman–Crippen LogP) is -0.156. The summed E-state index contributed by atoms with van der Waals surface area (Å²) in [5.74, 6) is 0.696. The minimum atomic E-state index is -2.76. The van der Waals surface area contributed by atoms with Crippen molar-refractivity contribution in [1.29, 1.82) is 0 Å². The average Bonchev–Trinajstić information content (AvgIpc) is 2.84. The Balaban J connectivity index is 1.90. The molecule has 1 atom stereocenters. The van der Waals surface area contributed by atoms with E-state index in [1.165, 1.54) is 12.8 Å². The largest absolute Gasteiger partial charge is 0.330 e. The molecule has 0 aromatic rings. The van der Waals surface area contributed by atoms with Gasteiger partial charge < -0.3 is 10.6 Å².